The van der Waals surface area contributed by atoms with Crippen LogP contribution < -0.4 is 10.0 Å². The van der Waals surface area contributed by atoms with Gasteiger partial charge in [0.25, 0.3) is 0 Å². The summed E-state index contributed by atoms with van der Waals surface area (Å²) in [6.07, 6.45) is 10.2. The highest BCUT2D eigenvalue weighted by Crippen LogP contribution is 2.19. The number of aryl methyl sites for hydroxylation is 1. The fraction of sp³-hybridized carbons (Fsp3) is 0.550. The highest BCUT2D eigenvalue weighted by Gasteiger charge is 2.25. The maximum atomic E-state index is 12.6. The van der Waals surface area contributed by atoms with Crippen LogP contribution in [-0.2, 0) is 14.8 Å². The molecule has 1 aliphatic rings. The molecule has 1 aliphatic carbocycles. The summed E-state index contributed by atoms with van der Waals surface area (Å²) >= 11 is 1.59. The molecule has 1 amide bonds. The van der Waals surface area contributed by atoms with Gasteiger partial charge in [-0.3, -0.25) is 4.79 Å². The maximum Gasteiger partial charge on any atom is 0.241 e. The lowest BCUT2D eigenvalue weighted by molar-refractivity contribution is -0.122. The van der Waals surface area contributed by atoms with E-state index >= 15 is 0 Å². The lowest BCUT2D eigenvalue weighted by atomic mass is 9.97. The molecule has 0 saturated heterocycles. The Morgan fingerprint density at radius 3 is 2.59 bits per heavy atom. The number of amides is 1. The molecule has 0 heterocycles. The summed E-state index contributed by atoms with van der Waals surface area (Å²) in [5.74, 6) is 0.454. The van der Waals surface area contributed by atoms with Gasteiger partial charge in [0.15, 0.2) is 0 Å². The summed E-state index contributed by atoms with van der Waals surface area (Å²) in [7, 11) is -3.73. The molecule has 0 aliphatic heterocycles. The minimum atomic E-state index is -3.73. The van der Waals surface area contributed by atoms with E-state index in [4.69, 9.17) is 0 Å². The molecule has 2 N–H and O–H groups in total. The Morgan fingerprint density at radius 2 is 1.96 bits per heavy atom. The molecule has 0 radical (unpaired) electrons. The minimum Gasteiger partial charge on any atom is -0.354 e. The van der Waals surface area contributed by atoms with Crippen LogP contribution in [0.2, 0.25) is 0 Å². The predicted octanol–water partition coefficient (Wildman–Crippen LogP) is 3.40. The van der Waals surface area contributed by atoms with Crippen molar-refractivity contribution in [2.45, 2.75) is 56.4 Å². The topological polar surface area (TPSA) is 75.3 Å². The van der Waals surface area contributed by atoms with Gasteiger partial charge in [-0.15, -0.1) is 0 Å². The smallest absolute Gasteiger partial charge is 0.241 e. The zero-order valence-corrected chi connectivity index (χ0v) is 17.8. The summed E-state index contributed by atoms with van der Waals surface area (Å²) in [4.78, 5) is 12.8. The van der Waals surface area contributed by atoms with Crippen molar-refractivity contribution >= 4 is 27.7 Å². The largest absolute Gasteiger partial charge is 0.354 e. The first-order chi connectivity index (χ1) is 12.9. The highest BCUT2D eigenvalue weighted by atomic mass is 32.2. The van der Waals surface area contributed by atoms with E-state index in [0.29, 0.717) is 18.7 Å². The van der Waals surface area contributed by atoms with Gasteiger partial charge in [-0.2, -0.15) is 16.5 Å². The summed E-state index contributed by atoms with van der Waals surface area (Å²) in [6.45, 7) is 2.45. The quantitative estimate of drug-likeness (QED) is 0.580. The van der Waals surface area contributed by atoms with Crippen LogP contribution in [0.3, 0.4) is 0 Å². The van der Waals surface area contributed by atoms with Crippen LogP contribution in [0.4, 0.5) is 0 Å². The first-order valence-electron chi connectivity index (χ1n) is 9.46. The van der Waals surface area contributed by atoms with Gasteiger partial charge in [-0.1, -0.05) is 29.3 Å². The monoisotopic (exact) mass is 410 g/mol. The lowest BCUT2D eigenvalue weighted by Gasteiger charge is -2.19. The van der Waals surface area contributed by atoms with E-state index in [9.17, 15) is 13.2 Å². The van der Waals surface area contributed by atoms with Crippen molar-refractivity contribution in [3.8, 4) is 0 Å². The van der Waals surface area contributed by atoms with Crippen molar-refractivity contribution in [3.63, 3.8) is 0 Å². The number of benzene rings is 1. The SMILES string of the molecule is CSCCC(NS(=O)(=O)c1ccc(C)cc1)C(=O)NCCC1=CCCCC1. The van der Waals surface area contributed by atoms with Crippen LogP contribution in [-0.4, -0.2) is 38.9 Å². The Hall–Kier alpha value is -1.31. The molecule has 2 rings (SSSR count). The van der Waals surface area contributed by atoms with Crippen molar-refractivity contribution in [1.29, 1.82) is 0 Å². The molecule has 0 fully saturated rings. The Bertz CT molecular complexity index is 743. The molecule has 1 unspecified atom stereocenters. The maximum absolute atomic E-state index is 12.6. The standard InChI is InChI=1S/C20H30N2O3S2/c1-16-8-10-18(11-9-16)27(24,25)22-19(13-15-26-2)20(23)21-14-12-17-6-4-3-5-7-17/h6,8-11,19,22H,3-5,7,12-15H2,1-2H3,(H,21,23). The summed E-state index contributed by atoms with van der Waals surface area (Å²) in [5.41, 5.74) is 2.38. The van der Waals surface area contributed by atoms with Crippen LogP contribution in [0.25, 0.3) is 0 Å². The van der Waals surface area contributed by atoms with E-state index < -0.39 is 16.1 Å². The first-order valence-corrected chi connectivity index (χ1v) is 12.3. The van der Waals surface area contributed by atoms with Crippen LogP contribution >= 0.6 is 11.8 Å². The molecular weight excluding hydrogens is 380 g/mol. The van der Waals surface area contributed by atoms with Crippen molar-refractivity contribution in [2.75, 3.05) is 18.6 Å². The summed E-state index contributed by atoms with van der Waals surface area (Å²) < 4.78 is 27.9. The van der Waals surface area contributed by atoms with Crippen molar-refractivity contribution in [3.05, 3.63) is 41.5 Å². The van der Waals surface area contributed by atoms with Crippen molar-refractivity contribution in [1.82, 2.24) is 10.0 Å². The van der Waals surface area contributed by atoms with Gasteiger partial charge in [0.1, 0.15) is 6.04 Å². The molecule has 5 nitrogen and oxygen atoms in total. The van der Waals surface area contributed by atoms with E-state index in [2.05, 4.69) is 16.1 Å². The molecule has 7 heteroatoms. The molecule has 0 spiro atoms. The van der Waals surface area contributed by atoms with Gasteiger partial charge >= 0.3 is 0 Å². The number of hydrogen-bond donors (Lipinski definition) is 2. The van der Waals surface area contributed by atoms with Gasteiger partial charge < -0.3 is 5.32 Å². The minimum absolute atomic E-state index is 0.183. The summed E-state index contributed by atoms with van der Waals surface area (Å²) in [6, 6.07) is 5.88. The number of sulfonamides is 1. The zero-order valence-electron chi connectivity index (χ0n) is 16.2. The Labute approximate surface area is 167 Å². The number of thioether (sulfide) groups is 1. The second kappa shape index (κ2) is 10.9. The molecule has 1 aromatic rings. The van der Waals surface area contributed by atoms with Gasteiger partial charge in [0, 0.05) is 6.54 Å². The van der Waals surface area contributed by atoms with E-state index in [0.717, 1.165) is 24.8 Å². The van der Waals surface area contributed by atoms with E-state index in [1.165, 1.54) is 18.4 Å². The van der Waals surface area contributed by atoms with Crippen molar-refractivity contribution < 1.29 is 13.2 Å². The summed E-state index contributed by atoms with van der Waals surface area (Å²) in [5, 5.41) is 2.91. The van der Waals surface area contributed by atoms with Crippen LogP contribution in [0, 0.1) is 6.92 Å². The molecule has 0 aromatic heterocycles. The third-order valence-corrected chi connectivity index (χ3v) is 6.82. The Morgan fingerprint density at radius 1 is 1.22 bits per heavy atom. The fourth-order valence-electron chi connectivity index (χ4n) is 3.05. The van der Waals surface area contributed by atoms with Gasteiger partial charge in [-0.25, -0.2) is 8.42 Å². The van der Waals surface area contributed by atoms with Crippen LogP contribution in [0.15, 0.2) is 40.8 Å². The lowest BCUT2D eigenvalue weighted by Crippen LogP contribution is -2.47. The number of hydrogen-bond acceptors (Lipinski definition) is 4. The van der Waals surface area contributed by atoms with Crippen molar-refractivity contribution in [2.24, 2.45) is 0 Å². The number of rotatable bonds is 10. The second-order valence-electron chi connectivity index (χ2n) is 6.92. The first kappa shape index (κ1) is 22.0. The van der Waals surface area contributed by atoms with E-state index in [1.807, 2.05) is 13.2 Å². The Balaban J connectivity index is 1.97. The molecular formula is C20H30N2O3S2. The van der Waals surface area contributed by atoms with Crippen LogP contribution in [0.5, 0.6) is 0 Å². The molecule has 1 aromatic carbocycles. The molecule has 0 bridgehead atoms. The van der Waals surface area contributed by atoms with E-state index in [-0.39, 0.29) is 10.8 Å². The van der Waals surface area contributed by atoms with Gasteiger partial charge in [0.2, 0.25) is 15.9 Å². The van der Waals surface area contributed by atoms with Gasteiger partial charge in [0.05, 0.1) is 4.90 Å². The second-order valence-corrected chi connectivity index (χ2v) is 9.62. The molecule has 150 valence electrons. The Kier molecular flexibility index (Phi) is 8.86. The third-order valence-electron chi connectivity index (χ3n) is 4.69. The highest BCUT2D eigenvalue weighted by molar-refractivity contribution is 7.98. The molecule has 27 heavy (non-hydrogen) atoms. The average Bonchev–Trinajstić information content (AvgIpc) is 2.66. The third kappa shape index (κ3) is 7.31. The predicted molar refractivity (Wildman–Crippen MR) is 112 cm³/mol. The molecule has 1 atom stereocenters. The average molecular weight is 411 g/mol. The van der Waals surface area contributed by atoms with Crippen LogP contribution in [0.1, 0.15) is 44.1 Å². The van der Waals surface area contributed by atoms with E-state index in [1.54, 1.807) is 36.0 Å². The molecule has 0 saturated carbocycles. The number of allylic oxidation sites excluding steroid dienone is 1. The zero-order chi connectivity index (χ0) is 19.7. The normalized spacial score (nSPS) is 15.9. The number of nitrogens with one attached hydrogen (secondary N) is 2. The fourth-order valence-corrected chi connectivity index (χ4v) is 4.75. The number of carbonyl (C=O) groups is 1. The number of carbonyl (C=O) groups excluding carboxylic acids is 1. The van der Waals surface area contributed by atoms with Gasteiger partial charge in [-0.05, 0) is 69.6 Å².